The second kappa shape index (κ2) is 17.9. The van der Waals surface area contributed by atoms with E-state index in [-0.39, 0.29) is 58.9 Å². The number of aryl methyl sites for hydroxylation is 1. The molecule has 2 saturated carbocycles. The van der Waals surface area contributed by atoms with Crippen LogP contribution in [0.25, 0.3) is 32.9 Å². The van der Waals surface area contributed by atoms with Crippen molar-refractivity contribution in [3.05, 3.63) is 77.0 Å². The molecule has 5 aliphatic heterocycles. The third-order valence-electron chi connectivity index (χ3n) is 17.3. The lowest BCUT2D eigenvalue weighted by Crippen LogP contribution is -2.59. The van der Waals surface area contributed by atoms with Crippen LogP contribution >= 0.6 is 0 Å². The van der Waals surface area contributed by atoms with Crippen molar-refractivity contribution < 1.29 is 42.9 Å². The molecule has 3 N–H and O–H groups in total. The molecule has 2 aliphatic carbocycles. The minimum absolute atomic E-state index is 0.00474. The summed E-state index contributed by atoms with van der Waals surface area (Å²) in [5, 5.41) is 25.5. The Labute approximate surface area is 421 Å². The number of nitrogens with one attached hydrogen (secondary N) is 1. The van der Waals surface area contributed by atoms with Gasteiger partial charge in [0.15, 0.2) is 5.82 Å². The van der Waals surface area contributed by atoms with E-state index >= 15 is 8.78 Å². The second-order valence-electron chi connectivity index (χ2n) is 22.3. The number of nitrogens with zero attached hydrogens (tertiary/aromatic N) is 8. The molecule has 382 valence electrons. The Morgan fingerprint density at radius 2 is 1.62 bits per heavy atom. The summed E-state index contributed by atoms with van der Waals surface area (Å²) in [6.45, 7) is 11.2. The topological polar surface area (TPSA) is 185 Å². The van der Waals surface area contributed by atoms with Crippen LogP contribution in [-0.4, -0.2) is 147 Å². The molecule has 3 aromatic carbocycles. The van der Waals surface area contributed by atoms with Crippen molar-refractivity contribution in [1.82, 2.24) is 35.0 Å². The van der Waals surface area contributed by atoms with Crippen LogP contribution in [0.4, 0.5) is 20.3 Å². The Kier molecular flexibility index (Phi) is 11.7. The van der Waals surface area contributed by atoms with Gasteiger partial charge in [-0.3, -0.25) is 39.3 Å². The summed E-state index contributed by atoms with van der Waals surface area (Å²) in [6.07, 6.45) is 10.1. The van der Waals surface area contributed by atoms with Gasteiger partial charge in [-0.05, 0) is 142 Å². The molecule has 0 bridgehead atoms. The Hall–Kier alpha value is -6.37. The third kappa shape index (κ3) is 8.61. The fourth-order valence-electron chi connectivity index (χ4n) is 13.0. The minimum Gasteiger partial charge on any atom is -0.508 e. The first-order chi connectivity index (χ1) is 35.1. The highest BCUT2D eigenvalue weighted by molar-refractivity contribution is 6.23. The number of ether oxygens (including phenoxy) is 1. The van der Waals surface area contributed by atoms with E-state index in [9.17, 15) is 29.4 Å². The van der Waals surface area contributed by atoms with Gasteiger partial charge < -0.3 is 29.6 Å². The molecular formula is C55H61F2N9O7. The molecule has 4 saturated heterocycles. The number of carbonyl (C=O) groups excluding carboxylic acids is 4. The molecule has 7 heterocycles. The number of imide groups is 2. The van der Waals surface area contributed by atoms with Gasteiger partial charge in [0, 0.05) is 81.1 Å². The SMILES string of the molecule is CCc1c(F)ccc2cc(O)cc(-c3ncc4c(N5CCC[C@@](C)(O)C5)nc(OCC5(CN6CCC7(CC6)CC(N6CCN(c8ccc9c(c8)C(=O)N(C8CCC(=O)NC8=O)C9=O)CC6)C7)CC5)nc4c3F)c12. The van der Waals surface area contributed by atoms with Crippen molar-refractivity contribution in [2.24, 2.45) is 10.8 Å². The first-order valence-electron chi connectivity index (χ1n) is 26.1. The van der Waals surface area contributed by atoms with Crippen molar-refractivity contribution >= 4 is 56.8 Å². The van der Waals surface area contributed by atoms with Crippen LogP contribution in [0.5, 0.6) is 11.8 Å². The predicted octanol–water partition coefficient (Wildman–Crippen LogP) is 6.37. The van der Waals surface area contributed by atoms with Gasteiger partial charge in [0.1, 0.15) is 34.6 Å². The van der Waals surface area contributed by atoms with E-state index in [4.69, 9.17) is 14.7 Å². The van der Waals surface area contributed by atoms with E-state index < -0.39 is 46.9 Å². The van der Waals surface area contributed by atoms with Gasteiger partial charge in [-0.15, -0.1) is 0 Å². The summed E-state index contributed by atoms with van der Waals surface area (Å²) in [4.78, 5) is 75.5. The summed E-state index contributed by atoms with van der Waals surface area (Å²) in [5.41, 5.74) is 1.38. The number of hydrogen-bond acceptors (Lipinski definition) is 14. The summed E-state index contributed by atoms with van der Waals surface area (Å²) in [6, 6.07) is 10.8. The molecule has 18 heteroatoms. The number of amides is 4. The van der Waals surface area contributed by atoms with Crippen molar-refractivity contribution in [2.75, 3.05) is 75.3 Å². The zero-order valence-electron chi connectivity index (χ0n) is 41.4. The van der Waals surface area contributed by atoms with Crippen LogP contribution in [-0.2, 0) is 16.0 Å². The van der Waals surface area contributed by atoms with E-state index in [0.29, 0.717) is 77.0 Å². The Balaban J connectivity index is 0.679. The van der Waals surface area contributed by atoms with Gasteiger partial charge in [0.05, 0.1) is 28.7 Å². The number of piperazine rings is 1. The highest BCUT2D eigenvalue weighted by Crippen LogP contribution is 2.53. The molecular weight excluding hydrogens is 937 g/mol. The van der Waals surface area contributed by atoms with Gasteiger partial charge in [0.25, 0.3) is 11.8 Å². The Morgan fingerprint density at radius 1 is 0.849 bits per heavy atom. The number of pyridine rings is 1. The van der Waals surface area contributed by atoms with Crippen molar-refractivity contribution in [2.45, 2.75) is 102 Å². The monoisotopic (exact) mass is 997 g/mol. The number of β-amino-alcohol motifs (C(OH)–C–C–N with tert-alkyl or cyclic N) is 1. The zero-order valence-corrected chi connectivity index (χ0v) is 41.4. The first-order valence-corrected chi connectivity index (χ1v) is 26.1. The lowest BCUT2D eigenvalue weighted by molar-refractivity contribution is -0.136. The number of aromatic hydroxyl groups is 1. The van der Waals surface area contributed by atoms with Crippen molar-refractivity contribution in [1.29, 1.82) is 0 Å². The first kappa shape index (κ1) is 47.6. The van der Waals surface area contributed by atoms with Crippen LogP contribution in [0.2, 0.25) is 0 Å². The molecule has 1 unspecified atom stereocenters. The Bertz CT molecular complexity index is 3100. The molecule has 12 rings (SSSR count). The van der Waals surface area contributed by atoms with Gasteiger partial charge in [-0.2, -0.15) is 9.97 Å². The van der Waals surface area contributed by atoms with Gasteiger partial charge >= 0.3 is 6.01 Å². The minimum atomic E-state index is -0.987. The standard InChI is InChI=1S/C55H61F2N9O7/c1-3-36-41(56)8-5-32-23-35(67)25-39(44(32)36)46-45(57)47-40(28-58-46)48(65-16-4-11-53(2,72)29-65)61-52(60-47)73-31-55(12-13-55)30-62-17-14-54(15-18-62)26-34(27-54)64-21-19-63(20-22-64)33-6-7-37-38(24-33)51(71)66(50(37)70)42-9-10-43(68)59-49(42)69/h5-8,23-25,28,34,42,67,72H,3-4,9-22,26-27,29-31H2,1-2H3,(H,59,68,69)/t42?,53-/m1/s1. The maximum Gasteiger partial charge on any atom is 0.319 e. The molecule has 5 aromatic rings. The largest absolute Gasteiger partial charge is 0.508 e. The number of piperidine rings is 3. The maximum atomic E-state index is 17.2. The van der Waals surface area contributed by atoms with E-state index in [0.717, 1.165) is 82.1 Å². The van der Waals surface area contributed by atoms with Crippen LogP contribution in [0.3, 0.4) is 0 Å². The number of halogens is 2. The maximum absolute atomic E-state index is 17.2. The molecule has 16 nitrogen and oxygen atoms in total. The van der Waals surface area contributed by atoms with E-state index in [2.05, 4.69) is 25.0 Å². The molecule has 73 heavy (non-hydrogen) atoms. The average Bonchev–Trinajstić information content (AvgIpc) is 4.09. The van der Waals surface area contributed by atoms with Crippen LogP contribution < -0.4 is 19.9 Å². The van der Waals surface area contributed by atoms with Crippen LogP contribution in [0.1, 0.15) is 104 Å². The molecule has 1 spiro atoms. The summed E-state index contributed by atoms with van der Waals surface area (Å²) in [7, 11) is 0. The summed E-state index contributed by atoms with van der Waals surface area (Å²) in [5.74, 6) is -2.81. The average molecular weight is 998 g/mol. The summed E-state index contributed by atoms with van der Waals surface area (Å²) >= 11 is 0. The number of likely N-dealkylation sites (tertiary alicyclic amines) is 1. The van der Waals surface area contributed by atoms with Gasteiger partial charge in [0.2, 0.25) is 11.8 Å². The Morgan fingerprint density at radius 3 is 2.34 bits per heavy atom. The van der Waals surface area contributed by atoms with Crippen molar-refractivity contribution in [3.8, 4) is 23.0 Å². The number of phenols is 1. The number of benzene rings is 3. The van der Waals surface area contributed by atoms with Gasteiger partial charge in [-0.25, -0.2) is 8.78 Å². The number of anilines is 2. The molecule has 6 fully saturated rings. The van der Waals surface area contributed by atoms with Crippen LogP contribution in [0, 0.1) is 22.5 Å². The number of fused-ring (bicyclic) bond motifs is 3. The quantitative estimate of drug-likeness (QED) is 0.124. The number of hydrogen-bond donors (Lipinski definition) is 3. The van der Waals surface area contributed by atoms with Gasteiger partial charge in [-0.1, -0.05) is 13.0 Å². The third-order valence-corrected chi connectivity index (χ3v) is 17.3. The summed E-state index contributed by atoms with van der Waals surface area (Å²) < 4.78 is 38.8. The number of aliphatic hydroxyl groups is 1. The fourth-order valence-corrected chi connectivity index (χ4v) is 13.0. The fraction of sp³-hybridized carbons (Fsp3) is 0.509. The molecule has 2 aromatic heterocycles. The van der Waals surface area contributed by atoms with Crippen LogP contribution in [0.15, 0.2) is 48.7 Å². The van der Waals surface area contributed by atoms with E-state index in [1.54, 1.807) is 25.1 Å². The second-order valence-corrected chi connectivity index (χ2v) is 22.3. The molecule has 0 radical (unpaired) electrons. The predicted molar refractivity (Wildman–Crippen MR) is 268 cm³/mol. The zero-order chi connectivity index (χ0) is 50.6. The molecule has 7 aliphatic rings. The number of aromatic nitrogens is 3. The number of rotatable bonds is 11. The molecule has 2 atom stereocenters. The smallest absolute Gasteiger partial charge is 0.319 e. The highest BCUT2D eigenvalue weighted by Gasteiger charge is 2.51. The number of carbonyl (C=O) groups is 4. The van der Waals surface area contributed by atoms with E-state index in [1.165, 1.54) is 37.2 Å². The number of phenolic OH excluding ortho intramolecular Hbond substituents is 1. The highest BCUT2D eigenvalue weighted by atomic mass is 19.1. The van der Waals surface area contributed by atoms with Crippen molar-refractivity contribution in [3.63, 3.8) is 0 Å². The lowest BCUT2D eigenvalue weighted by atomic mass is 9.60. The normalized spacial score (nSPS) is 24.4. The lowest BCUT2D eigenvalue weighted by Gasteiger charge is -2.56. The molecule has 4 amide bonds. The van der Waals surface area contributed by atoms with E-state index in [1.807, 2.05) is 17.9 Å².